The normalized spacial score (nSPS) is 12.8. The van der Waals surface area contributed by atoms with Crippen LogP contribution < -0.4 is 20.9 Å². The van der Waals surface area contributed by atoms with Crippen molar-refractivity contribution in [3.8, 4) is 0 Å². The Kier molecular flexibility index (Phi) is 7.68. The maximum Gasteiger partial charge on any atom is 0.319 e. The van der Waals surface area contributed by atoms with E-state index in [4.69, 9.17) is 4.74 Å². The molecule has 0 aromatic heterocycles. The minimum absolute atomic E-state index is 0.153. The second-order valence-electron chi connectivity index (χ2n) is 7.26. The molecule has 0 fully saturated rings. The lowest BCUT2D eigenvalue weighted by Crippen LogP contribution is -2.34. The van der Waals surface area contributed by atoms with Crippen LogP contribution >= 0.6 is 0 Å². The molecule has 0 bridgehead atoms. The van der Waals surface area contributed by atoms with Crippen LogP contribution in [0.25, 0.3) is 0 Å². The third kappa shape index (κ3) is 5.51. The van der Waals surface area contributed by atoms with Crippen molar-refractivity contribution in [3.63, 3.8) is 0 Å². The zero-order valence-corrected chi connectivity index (χ0v) is 17.7. The van der Waals surface area contributed by atoms with Crippen molar-refractivity contribution in [1.82, 2.24) is 10.6 Å². The lowest BCUT2D eigenvalue weighted by Gasteiger charge is -2.32. The summed E-state index contributed by atoms with van der Waals surface area (Å²) in [6, 6.07) is 13.6. The van der Waals surface area contributed by atoms with Crippen LogP contribution in [0.2, 0.25) is 0 Å². The molecule has 1 aliphatic rings. The highest BCUT2D eigenvalue weighted by atomic mass is 16.5. The Labute approximate surface area is 177 Å². The van der Waals surface area contributed by atoms with E-state index in [0.29, 0.717) is 30.9 Å². The Hall–Kier alpha value is -3.06. The number of anilines is 2. The van der Waals surface area contributed by atoms with E-state index in [1.165, 1.54) is 11.1 Å². The van der Waals surface area contributed by atoms with Gasteiger partial charge in [0.15, 0.2) is 0 Å². The molecule has 1 aliphatic heterocycles. The number of urea groups is 1. The molecule has 3 amide bonds. The Morgan fingerprint density at radius 1 is 1.10 bits per heavy atom. The second-order valence-corrected chi connectivity index (χ2v) is 7.26. The molecular formula is C23H30N4O3. The Morgan fingerprint density at radius 3 is 2.67 bits per heavy atom. The van der Waals surface area contributed by atoms with Crippen LogP contribution in [0.4, 0.5) is 16.2 Å². The summed E-state index contributed by atoms with van der Waals surface area (Å²) in [5.74, 6) is -0.153. The van der Waals surface area contributed by atoms with E-state index >= 15 is 0 Å². The van der Waals surface area contributed by atoms with Gasteiger partial charge in [-0.15, -0.1) is 0 Å². The molecule has 7 heteroatoms. The van der Waals surface area contributed by atoms with Gasteiger partial charge < -0.3 is 25.6 Å². The molecule has 0 atom stereocenters. The van der Waals surface area contributed by atoms with E-state index in [2.05, 4.69) is 39.0 Å². The van der Waals surface area contributed by atoms with E-state index < -0.39 is 0 Å². The minimum atomic E-state index is -0.288. The average Bonchev–Trinajstić information content (AvgIpc) is 2.76. The van der Waals surface area contributed by atoms with Crippen molar-refractivity contribution in [3.05, 3.63) is 59.2 Å². The Balaban J connectivity index is 1.83. The van der Waals surface area contributed by atoms with Gasteiger partial charge in [-0.05, 0) is 49.1 Å². The van der Waals surface area contributed by atoms with Crippen LogP contribution in [0.5, 0.6) is 0 Å². The van der Waals surface area contributed by atoms with Crippen molar-refractivity contribution >= 4 is 23.3 Å². The van der Waals surface area contributed by atoms with Gasteiger partial charge in [0, 0.05) is 51.3 Å². The third-order valence-corrected chi connectivity index (χ3v) is 5.12. The molecule has 0 spiro atoms. The molecule has 7 nitrogen and oxygen atoms in total. The summed E-state index contributed by atoms with van der Waals surface area (Å²) < 4.78 is 5.05. The summed E-state index contributed by atoms with van der Waals surface area (Å²) in [6.45, 7) is 5.10. The summed E-state index contributed by atoms with van der Waals surface area (Å²) >= 11 is 0. The fraction of sp³-hybridized carbons (Fsp3) is 0.391. The van der Waals surface area contributed by atoms with Gasteiger partial charge >= 0.3 is 6.03 Å². The summed E-state index contributed by atoms with van der Waals surface area (Å²) in [5.41, 5.74) is 4.65. The number of fused-ring (bicyclic) bond motifs is 1. The van der Waals surface area contributed by atoms with Crippen LogP contribution in [0.15, 0.2) is 42.5 Å². The SMILES string of the molecule is CCNC(=O)Nc1ccc(N2CCc3ccccc3C2)c(C(=O)NCCCOC)c1. The van der Waals surface area contributed by atoms with Crippen LogP contribution in [0, 0.1) is 0 Å². The summed E-state index contributed by atoms with van der Waals surface area (Å²) in [6.07, 6.45) is 1.68. The lowest BCUT2D eigenvalue weighted by molar-refractivity contribution is 0.0949. The number of methoxy groups -OCH3 is 1. The van der Waals surface area contributed by atoms with Crippen LogP contribution in [0.1, 0.15) is 34.8 Å². The fourth-order valence-corrected chi connectivity index (χ4v) is 3.62. The van der Waals surface area contributed by atoms with E-state index in [9.17, 15) is 9.59 Å². The number of carbonyl (C=O) groups excluding carboxylic acids is 2. The number of rotatable bonds is 8. The summed E-state index contributed by atoms with van der Waals surface area (Å²) in [5, 5.41) is 8.46. The number of hydrogen-bond acceptors (Lipinski definition) is 4. The number of benzene rings is 2. The number of nitrogens with zero attached hydrogens (tertiary/aromatic N) is 1. The van der Waals surface area contributed by atoms with Gasteiger partial charge in [0.05, 0.1) is 5.56 Å². The average molecular weight is 411 g/mol. The highest BCUT2D eigenvalue weighted by Crippen LogP contribution is 2.29. The molecule has 2 aromatic carbocycles. The molecule has 30 heavy (non-hydrogen) atoms. The Morgan fingerprint density at radius 2 is 1.90 bits per heavy atom. The topological polar surface area (TPSA) is 82.7 Å². The number of amides is 3. The van der Waals surface area contributed by atoms with Crippen molar-refractivity contribution in [1.29, 1.82) is 0 Å². The number of carbonyl (C=O) groups is 2. The first-order valence-corrected chi connectivity index (χ1v) is 10.4. The quantitative estimate of drug-likeness (QED) is 0.584. The molecule has 0 saturated heterocycles. The molecule has 2 aromatic rings. The third-order valence-electron chi connectivity index (χ3n) is 5.12. The Bertz CT molecular complexity index is 885. The predicted octanol–water partition coefficient (Wildman–Crippen LogP) is 3.16. The molecule has 0 unspecified atom stereocenters. The zero-order chi connectivity index (χ0) is 21.3. The van der Waals surface area contributed by atoms with Gasteiger partial charge in [-0.2, -0.15) is 0 Å². The van der Waals surface area contributed by atoms with Crippen molar-refractivity contribution in [2.45, 2.75) is 26.3 Å². The van der Waals surface area contributed by atoms with E-state index in [0.717, 1.165) is 31.6 Å². The molecular weight excluding hydrogens is 380 g/mol. The van der Waals surface area contributed by atoms with Gasteiger partial charge in [-0.1, -0.05) is 24.3 Å². The zero-order valence-electron chi connectivity index (χ0n) is 17.7. The number of ether oxygens (including phenoxy) is 1. The van der Waals surface area contributed by atoms with Crippen molar-refractivity contribution in [2.24, 2.45) is 0 Å². The van der Waals surface area contributed by atoms with Crippen LogP contribution in [-0.2, 0) is 17.7 Å². The van der Waals surface area contributed by atoms with Gasteiger partial charge in [-0.25, -0.2) is 4.79 Å². The first kappa shape index (κ1) is 21.6. The first-order chi connectivity index (χ1) is 14.6. The highest BCUT2D eigenvalue weighted by molar-refractivity contribution is 6.02. The largest absolute Gasteiger partial charge is 0.385 e. The molecule has 0 saturated carbocycles. The maximum atomic E-state index is 13.0. The molecule has 3 N–H and O–H groups in total. The van der Waals surface area contributed by atoms with E-state index in [1.54, 1.807) is 13.2 Å². The highest BCUT2D eigenvalue weighted by Gasteiger charge is 2.22. The summed E-state index contributed by atoms with van der Waals surface area (Å²) in [4.78, 5) is 27.1. The van der Waals surface area contributed by atoms with Gasteiger partial charge in [-0.3, -0.25) is 4.79 Å². The molecule has 0 radical (unpaired) electrons. The van der Waals surface area contributed by atoms with Gasteiger partial charge in [0.25, 0.3) is 5.91 Å². The minimum Gasteiger partial charge on any atom is -0.385 e. The van der Waals surface area contributed by atoms with E-state index in [-0.39, 0.29) is 11.9 Å². The van der Waals surface area contributed by atoms with Gasteiger partial charge in [0.1, 0.15) is 0 Å². The summed E-state index contributed by atoms with van der Waals surface area (Å²) in [7, 11) is 1.64. The van der Waals surface area contributed by atoms with Crippen LogP contribution in [-0.4, -0.2) is 45.3 Å². The maximum absolute atomic E-state index is 13.0. The smallest absolute Gasteiger partial charge is 0.319 e. The molecule has 160 valence electrons. The van der Waals surface area contributed by atoms with E-state index in [1.807, 2.05) is 25.1 Å². The second kappa shape index (κ2) is 10.6. The van der Waals surface area contributed by atoms with Crippen LogP contribution in [0.3, 0.4) is 0 Å². The molecule has 3 rings (SSSR count). The van der Waals surface area contributed by atoms with Gasteiger partial charge in [0.2, 0.25) is 0 Å². The molecule has 1 heterocycles. The lowest BCUT2D eigenvalue weighted by atomic mass is 9.98. The number of nitrogens with one attached hydrogen (secondary N) is 3. The standard InChI is InChI=1S/C23H30N4O3/c1-3-24-23(29)26-19-9-10-21(20(15-19)22(28)25-12-6-14-30-2)27-13-11-17-7-4-5-8-18(17)16-27/h4-5,7-10,15H,3,6,11-14,16H2,1-2H3,(H,25,28)(H2,24,26,29). The fourth-order valence-electron chi connectivity index (χ4n) is 3.62. The number of hydrogen-bond donors (Lipinski definition) is 3. The molecule has 0 aliphatic carbocycles. The predicted molar refractivity (Wildman–Crippen MR) is 119 cm³/mol. The van der Waals surface area contributed by atoms with Crippen molar-refractivity contribution < 1.29 is 14.3 Å². The van der Waals surface area contributed by atoms with Crippen molar-refractivity contribution in [2.75, 3.05) is 43.6 Å². The monoisotopic (exact) mass is 410 g/mol. The first-order valence-electron chi connectivity index (χ1n) is 10.4.